The topological polar surface area (TPSA) is 101 Å². The van der Waals surface area contributed by atoms with Gasteiger partial charge < -0.3 is 5.11 Å². The van der Waals surface area contributed by atoms with Gasteiger partial charge in [-0.15, -0.1) is 0 Å². The first-order valence-corrected chi connectivity index (χ1v) is 6.47. The summed E-state index contributed by atoms with van der Waals surface area (Å²) in [6.07, 6.45) is 1.33. The Morgan fingerprint density at radius 1 is 1.53 bits per heavy atom. The molecule has 1 atom stereocenters. The maximum atomic E-state index is 11.9. The summed E-state index contributed by atoms with van der Waals surface area (Å²) >= 11 is 0. The fourth-order valence-electron chi connectivity index (χ4n) is 1.32. The summed E-state index contributed by atoms with van der Waals surface area (Å²) in [4.78, 5) is 10.9. The van der Waals surface area contributed by atoms with E-state index in [1.807, 2.05) is 0 Å². The van der Waals surface area contributed by atoms with Crippen molar-refractivity contribution in [3.63, 3.8) is 0 Å². The van der Waals surface area contributed by atoms with E-state index >= 15 is 0 Å². The van der Waals surface area contributed by atoms with Gasteiger partial charge in [0.2, 0.25) is 0 Å². The van der Waals surface area contributed by atoms with Gasteiger partial charge in [0, 0.05) is 7.05 Å². The third-order valence-electron chi connectivity index (χ3n) is 2.27. The van der Waals surface area contributed by atoms with Crippen molar-refractivity contribution >= 4 is 16.0 Å². The Bertz CT molecular complexity index is 506. The third kappa shape index (κ3) is 3.04. The molecule has 7 nitrogen and oxygen atoms in total. The van der Waals surface area contributed by atoms with Crippen LogP contribution in [0.1, 0.15) is 13.8 Å². The first kappa shape index (κ1) is 13.7. The lowest BCUT2D eigenvalue weighted by Crippen LogP contribution is -2.44. The van der Waals surface area contributed by atoms with E-state index in [1.54, 1.807) is 13.8 Å². The van der Waals surface area contributed by atoms with E-state index in [4.69, 9.17) is 5.11 Å². The van der Waals surface area contributed by atoms with Crippen LogP contribution in [0.5, 0.6) is 0 Å². The van der Waals surface area contributed by atoms with Crippen LogP contribution in [0, 0.1) is 5.92 Å². The van der Waals surface area contributed by atoms with E-state index in [0.717, 1.165) is 0 Å². The maximum absolute atomic E-state index is 11.9. The van der Waals surface area contributed by atoms with Crippen LogP contribution in [-0.2, 0) is 21.9 Å². The highest BCUT2D eigenvalue weighted by Gasteiger charge is 2.29. The quantitative estimate of drug-likeness (QED) is 0.764. The molecule has 1 rings (SSSR count). The van der Waals surface area contributed by atoms with E-state index in [0.29, 0.717) is 0 Å². The van der Waals surface area contributed by atoms with Crippen molar-refractivity contribution in [1.29, 1.82) is 0 Å². The molecule has 1 heterocycles. The molecule has 0 bridgehead atoms. The molecule has 0 fully saturated rings. The highest BCUT2D eigenvalue weighted by molar-refractivity contribution is 7.89. The number of aliphatic carboxylic acids is 1. The minimum atomic E-state index is -3.87. The second kappa shape index (κ2) is 4.84. The van der Waals surface area contributed by atoms with Crippen LogP contribution >= 0.6 is 0 Å². The molecule has 1 aromatic heterocycles. The van der Waals surface area contributed by atoms with Gasteiger partial charge in [-0.25, -0.2) is 8.42 Å². The summed E-state index contributed by atoms with van der Waals surface area (Å²) < 4.78 is 27.1. The Morgan fingerprint density at radius 3 is 2.47 bits per heavy atom. The molecule has 8 heteroatoms. The van der Waals surface area contributed by atoms with E-state index in [-0.39, 0.29) is 10.9 Å². The second-order valence-corrected chi connectivity index (χ2v) is 5.64. The number of aryl methyl sites for hydroxylation is 1. The monoisotopic (exact) mass is 261 g/mol. The number of nitrogens with zero attached hydrogens (tertiary/aromatic N) is 2. The summed E-state index contributed by atoms with van der Waals surface area (Å²) in [5.74, 6) is -1.55. The van der Waals surface area contributed by atoms with Crippen LogP contribution < -0.4 is 4.72 Å². The largest absolute Gasteiger partial charge is 0.480 e. The van der Waals surface area contributed by atoms with E-state index in [2.05, 4.69) is 9.82 Å². The van der Waals surface area contributed by atoms with E-state index in [9.17, 15) is 13.2 Å². The molecule has 17 heavy (non-hydrogen) atoms. The molecule has 0 aliphatic heterocycles. The van der Waals surface area contributed by atoms with E-state index in [1.165, 1.54) is 24.0 Å². The predicted molar refractivity (Wildman–Crippen MR) is 59.8 cm³/mol. The van der Waals surface area contributed by atoms with Crippen LogP contribution in [0.3, 0.4) is 0 Å². The molecular formula is C9H15N3O4S. The summed E-state index contributed by atoms with van der Waals surface area (Å²) in [5.41, 5.74) is 0. The molecule has 1 unspecified atom stereocenters. The molecule has 0 amide bonds. The molecule has 2 N–H and O–H groups in total. The molecule has 0 spiro atoms. The van der Waals surface area contributed by atoms with Gasteiger partial charge in [0.05, 0.1) is 6.20 Å². The van der Waals surface area contributed by atoms with Crippen LogP contribution in [0.2, 0.25) is 0 Å². The fourth-order valence-corrected chi connectivity index (χ4v) is 2.79. The zero-order chi connectivity index (χ0) is 13.2. The van der Waals surface area contributed by atoms with Gasteiger partial charge in [0.15, 0.2) is 5.03 Å². The highest BCUT2D eigenvalue weighted by Crippen LogP contribution is 2.10. The maximum Gasteiger partial charge on any atom is 0.322 e. The normalized spacial score (nSPS) is 13.9. The SMILES string of the molecule is CC(C)C(NS(=O)(=O)c1ccnn1C)C(=O)O. The van der Waals surface area contributed by atoms with Crippen LogP contribution in [0.4, 0.5) is 0 Å². The van der Waals surface area contributed by atoms with Gasteiger partial charge in [0.1, 0.15) is 6.04 Å². The number of rotatable bonds is 5. The van der Waals surface area contributed by atoms with Crippen LogP contribution in [-0.4, -0.2) is 35.3 Å². The number of carbonyl (C=O) groups is 1. The standard InChI is InChI=1S/C9H15N3O4S/c1-6(2)8(9(13)14)11-17(15,16)7-4-5-10-12(7)3/h4-6,8,11H,1-3H3,(H,13,14). The number of nitrogens with one attached hydrogen (secondary N) is 1. The van der Waals surface area contributed by atoms with Crippen molar-refractivity contribution in [2.45, 2.75) is 24.9 Å². The van der Waals surface area contributed by atoms with Crippen molar-refractivity contribution in [3.05, 3.63) is 12.3 Å². The van der Waals surface area contributed by atoms with Crippen LogP contribution in [0.25, 0.3) is 0 Å². The molecule has 0 radical (unpaired) electrons. The van der Waals surface area contributed by atoms with Crippen molar-refractivity contribution in [2.75, 3.05) is 0 Å². The fraction of sp³-hybridized carbons (Fsp3) is 0.556. The van der Waals surface area contributed by atoms with E-state index < -0.39 is 22.0 Å². The molecule has 1 aromatic rings. The Morgan fingerprint density at radius 2 is 2.12 bits per heavy atom. The smallest absolute Gasteiger partial charge is 0.322 e. The second-order valence-electron chi connectivity index (χ2n) is 3.97. The highest BCUT2D eigenvalue weighted by atomic mass is 32.2. The van der Waals surface area contributed by atoms with Gasteiger partial charge in [0.25, 0.3) is 10.0 Å². The zero-order valence-corrected chi connectivity index (χ0v) is 10.6. The lowest BCUT2D eigenvalue weighted by molar-refractivity contribution is -0.140. The average Bonchev–Trinajstić information content (AvgIpc) is 2.60. The Labute approximate surface area is 99.5 Å². The first-order valence-electron chi connectivity index (χ1n) is 4.99. The first-order chi connectivity index (χ1) is 7.75. The minimum absolute atomic E-state index is 0.0654. The lowest BCUT2D eigenvalue weighted by Gasteiger charge is -2.17. The number of aromatic nitrogens is 2. The third-order valence-corrected chi connectivity index (χ3v) is 3.78. The molecule has 0 saturated heterocycles. The minimum Gasteiger partial charge on any atom is -0.480 e. The van der Waals surface area contributed by atoms with Gasteiger partial charge in [-0.05, 0) is 12.0 Å². The number of carboxylic acid groups (broad SMARTS) is 1. The van der Waals surface area contributed by atoms with Gasteiger partial charge in [-0.3, -0.25) is 9.48 Å². The Hall–Kier alpha value is -1.41. The van der Waals surface area contributed by atoms with Crippen LogP contribution in [0.15, 0.2) is 17.3 Å². The number of hydrogen-bond donors (Lipinski definition) is 2. The predicted octanol–water partition coefficient (Wildman–Crippen LogP) is -0.192. The molecule has 0 saturated carbocycles. The number of sulfonamides is 1. The Balaban J connectivity index is 3.01. The lowest BCUT2D eigenvalue weighted by atomic mass is 10.1. The number of hydrogen-bond acceptors (Lipinski definition) is 4. The van der Waals surface area contributed by atoms with Gasteiger partial charge in [-0.1, -0.05) is 13.8 Å². The molecule has 0 aliphatic rings. The summed E-state index contributed by atoms with van der Waals surface area (Å²) in [5, 5.41) is 12.6. The molecule has 0 aromatic carbocycles. The van der Waals surface area contributed by atoms with Crippen molar-refractivity contribution in [1.82, 2.24) is 14.5 Å². The summed E-state index contributed by atoms with van der Waals surface area (Å²) in [6, 6.07) is 0.150. The van der Waals surface area contributed by atoms with Gasteiger partial charge in [-0.2, -0.15) is 9.82 Å². The molecule has 96 valence electrons. The number of carboxylic acids is 1. The summed E-state index contributed by atoms with van der Waals surface area (Å²) in [6.45, 7) is 3.26. The molecule has 0 aliphatic carbocycles. The van der Waals surface area contributed by atoms with Gasteiger partial charge >= 0.3 is 5.97 Å². The average molecular weight is 261 g/mol. The molecular weight excluding hydrogens is 246 g/mol. The Kier molecular flexibility index (Phi) is 3.89. The van der Waals surface area contributed by atoms with Crippen molar-refractivity contribution in [3.8, 4) is 0 Å². The summed E-state index contributed by atoms with van der Waals surface area (Å²) in [7, 11) is -2.40. The zero-order valence-electron chi connectivity index (χ0n) is 9.78. The van der Waals surface area contributed by atoms with Crippen molar-refractivity contribution < 1.29 is 18.3 Å². The van der Waals surface area contributed by atoms with Crippen molar-refractivity contribution in [2.24, 2.45) is 13.0 Å².